The number of benzene rings is 2. The number of hydrogen-bond donors (Lipinski definition) is 0. The lowest BCUT2D eigenvalue weighted by Gasteiger charge is -2.25. The topological polar surface area (TPSA) is 26.3 Å². The predicted molar refractivity (Wildman–Crippen MR) is 95.1 cm³/mol. The van der Waals surface area contributed by atoms with Crippen molar-refractivity contribution in [3.05, 3.63) is 58.7 Å². The van der Waals surface area contributed by atoms with E-state index in [-0.39, 0.29) is 17.7 Å². The minimum Gasteiger partial charge on any atom is -0.462 e. The van der Waals surface area contributed by atoms with Crippen LogP contribution in [0.1, 0.15) is 34.0 Å². The summed E-state index contributed by atoms with van der Waals surface area (Å²) in [4.78, 5) is 7.30. The zero-order valence-corrected chi connectivity index (χ0v) is 16.0. The number of aryl methyl sites for hydroxylation is 2. The number of esters is 1. The summed E-state index contributed by atoms with van der Waals surface area (Å²) >= 11 is 1.79. The lowest BCUT2D eigenvalue weighted by molar-refractivity contribution is -0.153. The van der Waals surface area contributed by atoms with E-state index < -0.39 is 22.3 Å². The third-order valence-corrected chi connectivity index (χ3v) is 4.53. The molecule has 0 aromatic heterocycles. The highest BCUT2D eigenvalue weighted by Gasteiger charge is 2.56. The number of hydrogen-bond acceptors (Lipinski definition) is 2. The van der Waals surface area contributed by atoms with Crippen LogP contribution in [0.25, 0.3) is 11.1 Å². The van der Waals surface area contributed by atoms with Crippen molar-refractivity contribution >= 4 is 21.9 Å². The maximum Gasteiger partial charge on any atom is 0.367 e. The van der Waals surface area contributed by atoms with Gasteiger partial charge in [-0.2, -0.15) is 17.6 Å². The molecule has 2 nitrogen and oxygen atoms in total. The molecule has 0 aliphatic heterocycles. The summed E-state index contributed by atoms with van der Waals surface area (Å²) in [5.41, 5.74) is 0.903. The average Bonchev–Trinajstić information content (AvgIpc) is 2.56. The molecule has 0 amide bonds. The van der Waals surface area contributed by atoms with E-state index >= 15 is 0 Å². The van der Waals surface area contributed by atoms with Crippen molar-refractivity contribution in [1.29, 1.82) is 0 Å². The van der Waals surface area contributed by atoms with E-state index in [1.807, 2.05) is 0 Å². The van der Waals surface area contributed by atoms with Crippen LogP contribution in [-0.4, -0.2) is 17.4 Å². The first-order valence-corrected chi connectivity index (χ1v) is 8.62. The molecule has 0 N–H and O–H groups in total. The summed E-state index contributed by atoms with van der Waals surface area (Å²) in [6.07, 6.45) is 0. The van der Waals surface area contributed by atoms with Crippen LogP contribution < -0.4 is 0 Å². The van der Waals surface area contributed by atoms with Crippen molar-refractivity contribution in [3.8, 4) is 11.1 Å². The normalized spacial score (nSPS) is 12.2. The van der Waals surface area contributed by atoms with Crippen molar-refractivity contribution in [2.75, 3.05) is 6.61 Å². The van der Waals surface area contributed by atoms with Crippen LogP contribution in [0, 0.1) is 13.8 Å². The summed E-state index contributed by atoms with van der Waals surface area (Å²) in [7, 11) is 0. The molecular weight excluding hydrogens is 416 g/mol. The molecule has 0 spiro atoms. The van der Waals surface area contributed by atoms with Gasteiger partial charge in [0.25, 0.3) is 0 Å². The minimum absolute atomic E-state index is 0.0207. The summed E-state index contributed by atoms with van der Waals surface area (Å²) < 4.78 is 60.5. The molecule has 2 aromatic carbocycles. The summed E-state index contributed by atoms with van der Waals surface area (Å²) in [5, 5.41) is 0. The molecule has 2 aromatic rings. The molecule has 140 valence electrons. The van der Waals surface area contributed by atoms with Crippen LogP contribution in [0.15, 0.2) is 36.4 Å². The van der Waals surface area contributed by atoms with Crippen molar-refractivity contribution in [2.24, 2.45) is 0 Å². The Kier molecular flexibility index (Phi) is 5.80. The monoisotopic (exact) mass is 432 g/mol. The van der Waals surface area contributed by atoms with Crippen LogP contribution in [0.3, 0.4) is 0 Å². The van der Waals surface area contributed by atoms with Crippen LogP contribution in [0.4, 0.5) is 17.6 Å². The highest BCUT2D eigenvalue weighted by molar-refractivity contribution is 9.10. The number of carbonyl (C=O) groups is 1. The molecule has 0 unspecified atom stereocenters. The smallest absolute Gasteiger partial charge is 0.367 e. The molecule has 0 bridgehead atoms. The Hall–Kier alpha value is -1.89. The van der Waals surface area contributed by atoms with E-state index in [1.165, 1.54) is 30.3 Å². The quantitative estimate of drug-likeness (QED) is 0.318. The van der Waals surface area contributed by atoms with E-state index in [1.54, 1.807) is 36.7 Å². The molecule has 0 aliphatic carbocycles. The minimum atomic E-state index is -4.42. The first kappa shape index (κ1) is 20.4. The van der Waals surface area contributed by atoms with Crippen LogP contribution in [0.2, 0.25) is 0 Å². The Morgan fingerprint density at radius 3 is 2.08 bits per heavy atom. The second-order valence-electron chi connectivity index (χ2n) is 5.85. The fraction of sp³-hybridized carbons (Fsp3) is 0.316. The second kappa shape index (κ2) is 7.39. The first-order valence-electron chi connectivity index (χ1n) is 7.83. The van der Waals surface area contributed by atoms with E-state index in [0.29, 0.717) is 16.7 Å². The Morgan fingerprint density at radius 2 is 1.58 bits per heavy atom. The van der Waals surface area contributed by atoms with Crippen LogP contribution in [0.5, 0.6) is 0 Å². The van der Waals surface area contributed by atoms with Gasteiger partial charge in [-0.15, -0.1) is 0 Å². The summed E-state index contributed by atoms with van der Waals surface area (Å²) in [5.74, 6) is -4.96. The summed E-state index contributed by atoms with van der Waals surface area (Å²) in [6, 6.07) is 8.20. The van der Waals surface area contributed by atoms with Crippen LogP contribution in [-0.2, 0) is 10.7 Å². The number of carbonyl (C=O) groups excluding carboxylic acids is 1. The van der Waals surface area contributed by atoms with Gasteiger partial charge in [0.15, 0.2) is 0 Å². The SMILES string of the molecule is CCOC(=O)c1ccc(-c2cc(C)c(C)cc2C(F)(F)C(F)(F)Br)cc1. The van der Waals surface area contributed by atoms with Crippen molar-refractivity contribution in [2.45, 2.75) is 31.5 Å². The highest BCUT2D eigenvalue weighted by Crippen LogP contribution is 2.50. The Labute approximate surface area is 157 Å². The van der Waals surface area contributed by atoms with E-state index in [2.05, 4.69) is 0 Å². The Bertz CT molecular complexity index is 812. The molecule has 0 saturated heterocycles. The van der Waals surface area contributed by atoms with Gasteiger partial charge in [0.2, 0.25) is 0 Å². The molecule has 26 heavy (non-hydrogen) atoms. The fourth-order valence-corrected chi connectivity index (χ4v) is 2.68. The molecule has 0 atom stereocenters. The van der Waals surface area contributed by atoms with Crippen molar-refractivity contribution in [3.63, 3.8) is 0 Å². The molecule has 0 aliphatic rings. The lowest BCUT2D eigenvalue weighted by Crippen LogP contribution is -2.32. The Balaban J connectivity index is 2.59. The van der Waals surface area contributed by atoms with Gasteiger partial charge in [-0.25, -0.2) is 4.79 Å². The van der Waals surface area contributed by atoms with Gasteiger partial charge in [-0.05, 0) is 77.2 Å². The maximum atomic E-state index is 14.4. The maximum absolute atomic E-state index is 14.4. The van der Waals surface area contributed by atoms with Gasteiger partial charge in [-0.1, -0.05) is 18.2 Å². The van der Waals surface area contributed by atoms with Gasteiger partial charge < -0.3 is 4.74 Å². The highest BCUT2D eigenvalue weighted by atomic mass is 79.9. The lowest BCUT2D eigenvalue weighted by atomic mass is 9.91. The number of rotatable bonds is 5. The molecule has 7 heteroatoms. The third-order valence-electron chi connectivity index (χ3n) is 4.04. The molecule has 0 saturated carbocycles. The molecule has 0 radical (unpaired) electrons. The second-order valence-corrected chi connectivity index (χ2v) is 6.85. The third kappa shape index (κ3) is 3.92. The van der Waals surface area contributed by atoms with E-state index in [0.717, 1.165) is 6.07 Å². The van der Waals surface area contributed by atoms with E-state index in [4.69, 9.17) is 4.74 Å². The zero-order chi connectivity index (χ0) is 19.7. The number of halogens is 5. The van der Waals surface area contributed by atoms with Gasteiger partial charge in [-0.3, -0.25) is 0 Å². The zero-order valence-electron chi connectivity index (χ0n) is 14.4. The summed E-state index contributed by atoms with van der Waals surface area (Å²) in [6.45, 7) is 5.15. The van der Waals surface area contributed by atoms with Gasteiger partial charge in [0, 0.05) is 5.56 Å². The number of alkyl halides is 5. The standard InChI is InChI=1S/C19H17BrF4O2/c1-4-26-17(25)14-7-5-13(6-8-14)15-9-11(2)12(3)10-16(15)18(21,22)19(20,23)24/h5-10H,4H2,1-3H3. The van der Waals surface area contributed by atoms with Gasteiger partial charge >= 0.3 is 16.7 Å². The van der Waals surface area contributed by atoms with E-state index in [9.17, 15) is 22.4 Å². The molecule has 0 fully saturated rings. The van der Waals surface area contributed by atoms with Crippen LogP contribution >= 0.6 is 15.9 Å². The van der Waals surface area contributed by atoms with Gasteiger partial charge in [0.1, 0.15) is 0 Å². The van der Waals surface area contributed by atoms with Gasteiger partial charge in [0.05, 0.1) is 12.2 Å². The molecule has 0 heterocycles. The Morgan fingerprint density at radius 1 is 1.04 bits per heavy atom. The average molecular weight is 433 g/mol. The largest absolute Gasteiger partial charge is 0.462 e. The first-order chi connectivity index (χ1) is 12.0. The molecule has 2 rings (SSSR count). The number of ether oxygens (including phenoxy) is 1. The van der Waals surface area contributed by atoms with Crippen molar-refractivity contribution < 1.29 is 27.1 Å². The van der Waals surface area contributed by atoms with Crippen molar-refractivity contribution in [1.82, 2.24) is 0 Å². The molecular formula is C19H17BrF4O2. The fourth-order valence-electron chi connectivity index (χ4n) is 2.47. The predicted octanol–water partition coefficient (Wildman–Crippen LogP) is 6.23.